The van der Waals surface area contributed by atoms with Gasteiger partial charge in [0.2, 0.25) is 5.91 Å². The van der Waals surface area contributed by atoms with Crippen LogP contribution in [-0.4, -0.2) is 27.3 Å². The summed E-state index contributed by atoms with van der Waals surface area (Å²) in [5, 5.41) is 16.4. The maximum absolute atomic E-state index is 11.9. The molecule has 2 N–H and O–H groups in total. The van der Waals surface area contributed by atoms with E-state index < -0.39 is 0 Å². The highest BCUT2D eigenvalue weighted by molar-refractivity contribution is 9.10. The molecule has 2 aromatic rings. The predicted octanol–water partition coefficient (Wildman–Crippen LogP) is 2.33. The number of hydrogen-bond donors (Lipinski definition) is 2. The van der Waals surface area contributed by atoms with Gasteiger partial charge in [-0.15, -0.1) is 0 Å². The number of halogens is 1. The fourth-order valence-electron chi connectivity index (χ4n) is 2.03. The maximum Gasteiger partial charge on any atom is 0.241 e. The molecule has 0 saturated heterocycles. The summed E-state index contributed by atoms with van der Waals surface area (Å²) in [6.45, 7) is 4.60. The van der Waals surface area contributed by atoms with Crippen molar-refractivity contribution < 1.29 is 9.90 Å². The van der Waals surface area contributed by atoms with Crippen molar-refractivity contribution in [2.75, 3.05) is 6.54 Å². The summed E-state index contributed by atoms with van der Waals surface area (Å²) in [5.41, 5.74) is 2.90. The van der Waals surface area contributed by atoms with Gasteiger partial charge in [-0.2, -0.15) is 5.10 Å². The summed E-state index contributed by atoms with van der Waals surface area (Å²) in [4.78, 5) is 11.9. The SMILES string of the molecule is Cc1nn(CC(=O)NCCc2ccc(O)cc2)c(C)c1Br. The van der Waals surface area contributed by atoms with E-state index in [9.17, 15) is 9.90 Å². The van der Waals surface area contributed by atoms with E-state index in [1.54, 1.807) is 16.8 Å². The van der Waals surface area contributed by atoms with Crippen molar-refractivity contribution in [1.82, 2.24) is 15.1 Å². The van der Waals surface area contributed by atoms with Gasteiger partial charge in [0.1, 0.15) is 12.3 Å². The number of aryl methyl sites for hydroxylation is 1. The highest BCUT2D eigenvalue weighted by Gasteiger charge is 2.11. The average molecular weight is 352 g/mol. The van der Waals surface area contributed by atoms with Crippen LogP contribution in [0.1, 0.15) is 17.0 Å². The number of benzene rings is 1. The largest absolute Gasteiger partial charge is 0.508 e. The molecule has 0 aliphatic rings. The molecule has 0 spiro atoms. The molecule has 0 unspecified atom stereocenters. The van der Waals surface area contributed by atoms with Crippen molar-refractivity contribution in [3.05, 3.63) is 45.7 Å². The highest BCUT2D eigenvalue weighted by atomic mass is 79.9. The second-order valence-corrected chi connectivity index (χ2v) is 5.70. The van der Waals surface area contributed by atoms with E-state index in [1.165, 1.54) is 0 Å². The van der Waals surface area contributed by atoms with Crippen LogP contribution in [-0.2, 0) is 17.8 Å². The maximum atomic E-state index is 11.9. The minimum absolute atomic E-state index is 0.0631. The van der Waals surface area contributed by atoms with Crippen LogP contribution >= 0.6 is 15.9 Å². The number of hydrogen-bond acceptors (Lipinski definition) is 3. The fourth-order valence-corrected chi connectivity index (χ4v) is 2.31. The van der Waals surface area contributed by atoms with E-state index in [0.29, 0.717) is 6.54 Å². The normalized spacial score (nSPS) is 10.6. The Labute approximate surface area is 132 Å². The van der Waals surface area contributed by atoms with Crippen molar-refractivity contribution in [1.29, 1.82) is 0 Å². The van der Waals surface area contributed by atoms with Crippen molar-refractivity contribution in [2.24, 2.45) is 0 Å². The number of aromatic hydroxyl groups is 1. The lowest BCUT2D eigenvalue weighted by atomic mass is 10.1. The number of nitrogens with one attached hydrogen (secondary N) is 1. The van der Waals surface area contributed by atoms with E-state index in [2.05, 4.69) is 26.3 Å². The zero-order valence-electron chi connectivity index (χ0n) is 12.1. The van der Waals surface area contributed by atoms with Crippen molar-refractivity contribution in [3.63, 3.8) is 0 Å². The summed E-state index contributed by atoms with van der Waals surface area (Å²) in [6.07, 6.45) is 0.729. The summed E-state index contributed by atoms with van der Waals surface area (Å²) in [6, 6.07) is 6.98. The van der Waals surface area contributed by atoms with Crippen LogP contribution in [0.25, 0.3) is 0 Å². The number of phenols is 1. The molecule has 0 saturated carbocycles. The highest BCUT2D eigenvalue weighted by Crippen LogP contribution is 2.19. The second kappa shape index (κ2) is 6.76. The van der Waals surface area contributed by atoms with E-state index in [4.69, 9.17) is 0 Å². The van der Waals surface area contributed by atoms with Gasteiger partial charge in [0, 0.05) is 6.54 Å². The quantitative estimate of drug-likeness (QED) is 0.868. The molecule has 0 bridgehead atoms. The van der Waals surface area contributed by atoms with Gasteiger partial charge < -0.3 is 10.4 Å². The van der Waals surface area contributed by atoms with E-state index in [1.807, 2.05) is 26.0 Å². The molecule has 1 heterocycles. The van der Waals surface area contributed by atoms with Crippen molar-refractivity contribution in [2.45, 2.75) is 26.8 Å². The summed E-state index contributed by atoms with van der Waals surface area (Å²) < 4.78 is 2.63. The minimum atomic E-state index is -0.0631. The van der Waals surface area contributed by atoms with Crippen LogP contribution in [0.4, 0.5) is 0 Å². The molecule has 1 amide bonds. The Bertz CT molecular complexity index is 635. The first-order valence-corrected chi connectivity index (χ1v) is 7.51. The Morgan fingerprint density at radius 2 is 2.00 bits per heavy atom. The van der Waals surface area contributed by atoms with E-state index in [-0.39, 0.29) is 18.2 Å². The van der Waals surface area contributed by atoms with Crippen LogP contribution in [0, 0.1) is 13.8 Å². The molecule has 6 heteroatoms. The Morgan fingerprint density at radius 3 is 2.57 bits per heavy atom. The van der Waals surface area contributed by atoms with Gasteiger partial charge in [-0.1, -0.05) is 12.1 Å². The molecular weight excluding hydrogens is 334 g/mol. The molecule has 1 aromatic carbocycles. The van der Waals surface area contributed by atoms with Gasteiger partial charge in [-0.3, -0.25) is 9.48 Å². The second-order valence-electron chi connectivity index (χ2n) is 4.91. The van der Waals surface area contributed by atoms with Gasteiger partial charge >= 0.3 is 0 Å². The Hall–Kier alpha value is -1.82. The van der Waals surface area contributed by atoms with Crippen LogP contribution in [0.15, 0.2) is 28.7 Å². The molecule has 0 aliphatic heterocycles. The molecule has 5 nitrogen and oxygen atoms in total. The number of aromatic nitrogens is 2. The third kappa shape index (κ3) is 4.07. The third-order valence-corrected chi connectivity index (χ3v) is 4.41. The summed E-state index contributed by atoms with van der Waals surface area (Å²) in [5.74, 6) is 0.185. The smallest absolute Gasteiger partial charge is 0.241 e. The molecule has 112 valence electrons. The standard InChI is InChI=1S/C15H18BrN3O2/c1-10-15(16)11(2)19(18-10)9-14(21)17-8-7-12-3-5-13(20)6-4-12/h3-6,20H,7-9H2,1-2H3,(H,17,21). The Kier molecular flexibility index (Phi) is 5.01. The molecule has 0 atom stereocenters. The van der Waals surface area contributed by atoms with Gasteiger partial charge in [-0.25, -0.2) is 0 Å². The minimum Gasteiger partial charge on any atom is -0.508 e. The van der Waals surface area contributed by atoms with Crippen molar-refractivity contribution in [3.8, 4) is 5.75 Å². The number of rotatable bonds is 5. The topological polar surface area (TPSA) is 67.2 Å². The predicted molar refractivity (Wildman–Crippen MR) is 84.2 cm³/mol. The molecule has 0 aliphatic carbocycles. The average Bonchev–Trinajstić information content (AvgIpc) is 2.68. The number of carbonyl (C=O) groups excluding carboxylic acids is 1. The zero-order chi connectivity index (χ0) is 15.4. The molecule has 21 heavy (non-hydrogen) atoms. The number of carbonyl (C=O) groups is 1. The number of phenolic OH excluding ortho intramolecular Hbond substituents is 1. The molecule has 0 fully saturated rings. The first-order chi connectivity index (χ1) is 9.97. The number of amides is 1. The van der Waals surface area contributed by atoms with E-state index in [0.717, 1.165) is 27.8 Å². The van der Waals surface area contributed by atoms with Gasteiger partial charge in [0.05, 0.1) is 15.9 Å². The van der Waals surface area contributed by atoms with Crippen LogP contribution < -0.4 is 5.32 Å². The lowest BCUT2D eigenvalue weighted by Gasteiger charge is -2.07. The first kappa shape index (κ1) is 15.6. The van der Waals surface area contributed by atoms with Crippen LogP contribution in [0.2, 0.25) is 0 Å². The van der Waals surface area contributed by atoms with Crippen LogP contribution in [0.3, 0.4) is 0 Å². The third-order valence-electron chi connectivity index (χ3n) is 3.26. The molecule has 1 aromatic heterocycles. The lowest BCUT2D eigenvalue weighted by molar-refractivity contribution is -0.121. The lowest BCUT2D eigenvalue weighted by Crippen LogP contribution is -2.30. The van der Waals surface area contributed by atoms with Crippen molar-refractivity contribution >= 4 is 21.8 Å². The number of nitrogens with zero attached hydrogens (tertiary/aromatic N) is 2. The fraction of sp³-hybridized carbons (Fsp3) is 0.333. The Balaban J connectivity index is 1.82. The zero-order valence-corrected chi connectivity index (χ0v) is 13.6. The van der Waals surface area contributed by atoms with Gasteiger partial charge in [-0.05, 0) is 53.9 Å². The van der Waals surface area contributed by atoms with E-state index >= 15 is 0 Å². The molecule has 2 rings (SSSR count). The Morgan fingerprint density at radius 1 is 1.33 bits per heavy atom. The first-order valence-electron chi connectivity index (χ1n) is 6.71. The van der Waals surface area contributed by atoms with Gasteiger partial charge in [0.25, 0.3) is 0 Å². The molecular formula is C15H18BrN3O2. The summed E-state index contributed by atoms with van der Waals surface area (Å²) >= 11 is 3.44. The summed E-state index contributed by atoms with van der Waals surface area (Å²) in [7, 11) is 0. The molecule has 0 radical (unpaired) electrons. The monoisotopic (exact) mass is 351 g/mol. The van der Waals surface area contributed by atoms with Crippen LogP contribution in [0.5, 0.6) is 5.75 Å². The van der Waals surface area contributed by atoms with Gasteiger partial charge in [0.15, 0.2) is 0 Å².